The zero-order valence-corrected chi connectivity index (χ0v) is 15.0. The summed E-state index contributed by atoms with van der Waals surface area (Å²) in [7, 11) is 7.18. The van der Waals surface area contributed by atoms with E-state index in [1.807, 2.05) is 55.4 Å². The molecule has 25 heavy (non-hydrogen) atoms. The number of allylic oxidation sites excluding steroid dienone is 2. The van der Waals surface area contributed by atoms with Crippen LogP contribution in [0.5, 0.6) is 11.5 Å². The number of rotatable bonds is 7. The highest BCUT2D eigenvalue weighted by molar-refractivity contribution is 6.04. The van der Waals surface area contributed by atoms with Crippen molar-refractivity contribution in [3.63, 3.8) is 0 Å². The Labute approximate surface area is 149 Å². The molecule has 0 aromatic heterocycles. The van der Waals surface area contributed by atoms with Crippen molar-refractivity contribution in [3.05, 3.63) is 65.7 Å². The SMILES string of the molecule is COc1cc(/C=C/C(=O)/C=C/c2ccc(N(C)C)cc2)cc(OC)c1. The van der Waals surface area contributed by atoms with Crippen molar-refractivity contribution in [2.45, 2.75) is 0 Å². The highest BCUT2D eigenvalue weighted by Crippen LogP contribution is 2.23. The fourth-order valence-electron chi connectivity index (χ4n) is 2.22. The van der Waals surface area contributed by atoms with Crippen LogP contribution < -0.4 is 14.4 Å². The molecule has 4 heteroatoms. The van der Waals surface area contributed by atoms with Crippen LogP contribution in [-0.2, 0) is 4.79 Å². The lowest BCUT2D eigenvalue weighted by Gasteiger charge is -2.11. The van der Waals surface area contributed by atoms with E-state index in [9.17, 15) is 4.79 Å². The summed E-state index contributed by atoms with van der Waals surface area (Å²) in [5.74, 6) is 1.28. The summed E-state index contributed by atoms with van der Waals surface area (Å²) in [5, 5.41) is 0. The highest BCUT2D eigenvalue weighted by atomic mass is 16.5. The molecule has 0 radical (unpaired) electrons. The first-order chi connectivity index (χ1) is 12.0. The molecule has 0 amide bonds. The Bertz CT molecular complexity index is 752. The predicted molar refractivity (Wildman–Crippen MR) is 103 cm³/mol. The number of methoxy groups -OCH3 is 2. The van der Waals surface area contributed by atoms with Crippen LogP contribution in [0.4, 0.5) is 5.69 Å². The van der Waals surface area contributed by atoms with Gasteiger partial charge in [-0.1, -0.05) is 24.3 Å². The van der Waals surface area contributed by atoms with Gasteiger partial charge in [0, 0.05) is 25.8 Å². The molecule has 0 aliphatic heterocycles. The average Bonchev–Trinajstić information content (AvgIpc) is 2.64. The van der Waals surface area contributed by atoms with E-state index in [4.69, 9.17) is 9.47 Å². The van der Waals surface area contributed by atoms with E-state index in [1.54, 1.807) is 38.5 Å². The Kier molecular flexibility index (Phi) is 6.40. The Morgan fingerprint density at radius 2 is 1.36 bits per heavy atom. The summed E-state index contributed by atoms with van der Waals surface area (Å²) in [6.07, 6.45) is 6.63. The fraction of sp³-hybridized carbons (Fsp3) is 0.190. The van der Waals surface area contributed by atoms with Gasteiger partial charge in [-0.05, 0) is 47.5 Å². The molecule has 0 bridgehead atoms. The second-order valence-corrected chi connectivity index (χ2v) is 5.70. The molecule has 4 nitrogen and oxygen atoms in total. The van der Waals surface area contributed by atoms with Gasteiger partial charge in [-0.3, -0.25) is 4.79 Å². The minimum absolute atomic E-state index is 0.0847. The molecule has 0 spiro atoms. The molecule has 0 N–H and O–H groups in total. The lowest BCUT2D eigenvalue weighted by molar-refractivity contribution is -0.110. The zero-order valence-electron chi connectivity index (χ0n) is 15.0. The molecule has 2 aromatic carbocycles. The van der Waals surface area contributed by atoms with E-state index < -0.39 is 0 Å². The Hall–Kier alpha value is -3.01. The minimum Gasteiger partial charge on any atom is -0.497 e. The molecule has 0 aliphatic rings. The number of ether oxygens (including phenoxy) is 2. The molecular weight excluding hydrogens is 314 g/mol. The third-order valence-corrected chi connectivity index (χ3v) is 3.66. The molecule has 2 aromatic rings. The summed E-state index contributed by atoms with van der Waals surface area (Å²) in [6, 6.07) is 13.5. The molecule has 2 rings (SSSR count). The Balaban J connectivity index is 2.05. The smallest absolute Gasteiger partial charge is 0.178 e. The third kappa shape index (κ3) is 5.53. The van der Waals surface area contributed by atoms with Crippen LogP contribution >= 0.6 is 0 Å². The predicted octanol–water partition coefficient (Wildman–Crippen LogP) is 4.07. The van der Waals surface area contributed by atoms with E-state index in [2.05, 4.69) is 0 Å². The van der Waals surface area contributed by atoms with Crippen LogP contribution in [-0.4, -0.2) is 34.1 Å². The number of hydrogen-bond donors (Lipinski definition) is 0. The van der Waals surface area contributed by atoms with Gasteiger partial charge in [0.15, 0.2) is 5.78 Å². The van der Waals surface area contributed by atoms with Gasteiger partial charge in [0.05, 0.1) is 14.2 Å². The van der Waals surface area contributed by atoms with Gasteiger partial charge < -0.3 is 14.4 Å². The molecular formula is C21H23NO3. The van der Waals surface area contributed by atoms with Crippen molar-refractivity contribution in [3.8, 4) is 11.5 Å². The van der Waals surface area contributed by atoms with Crippen molar-refractivity contribution >= 4 is 23.6 Å². The summed E-state index contributed by atoms with van der Waals surface area (Å²) < 4.78 is 10.4. The maximum atomic E-state index is 12.0. The first-order valence-electron chi connectivity index (χ1n) is 7.92. The maximum absolute atomic E-state index is 12.0. The maximum Gasteiger partial charge on any atom is 0.178 e. The van der Waals surface area contributed by atoms with Crippen LogP contribution in [0.1, 0.15) is 11.1 Å². The number of nitrogens with zero attached hydrogens (tertiary/aromatic N) is 1. The largest absolute Gasteiger partial charge is 0.497 e. The Morgan fingerprint density at radius 3 is 1.84 bits per heavy atom. The van der Waals surface area contributed by atoms with E-state index in [-0.39, 0.29) is 5.78 Å². The summed E-state index contributed by atoms with van der Waals surface area (Å²) in [4.78, 5) is 14.1. The molecule has 0 heterocycles. The van der Waals surface area contributed by atoms with Crippen molar-refractivity contribution in [2.75, 3.05) is 33.2 Å². The molecule has 0 saturated heterocycles. The third-order valence-electron chi connectivity index (χ3n) is 3.66. The molecule has 0 saturated carbocycles. The minimum atomic E-state index is -0.0847. The van der Waals surface area contributed by atoms with E-state index in [0.29, 0.717) is 11.5 Å². The number of carbonyl (C=O) groups is 1. The summed E-state index contributed by atoms with van der Waals surface area (Å²) in [6.45, 7) is 0. The van der Waals surface area contributed by atoms with Gasteiger partial charge in [-0.25, -0.2) is 0 Å². The van der Waals surface area contributed by atoms with Crippen molar-refractivity contribution in [1.82, 2.24) is 0 Å². The van der Waals surface area contributed by atoms with E-state index in [1.165, 1.54) is 6.08 Å². The van der Waals surface area contributed by atoms with Gasteiger partial charge in [-0.15, -0.1) is 0 Å². The molecule has 130 valence electrons. The normalized spacial score (nSPS) is 11.0. The quantitative estimate of drug-likeness (QED) is 0.714. The van der Waals surface area contributed by atoms with Crippen LogP contribution in [0.15, 0.2) is 54.6 Å². The van der Waals surface area contributed by atoms with Gasteiger partial charge in [0.2, 0.25) is 0 Å². The zero-order chi connectivity index (χ0) is 18.2. The molecule has 0 fully saturated rings. The molecule has 0 aliphatic carbocycles. The van der Waals surface area contributed by atoms with Crippen LogP contribution in [0.2, 0.25) is 0 Å². The topological polar surface area (TPSA) is 38.8 Å². The van der Waals surface area contributed by atoms with Gasteiger partial charge >= 0.3 is 0 Å². The summed E-state index contributed by atoms with van der Waals surface area (Å²) >= 11 is 0. The average molecular weight is 337 g/mol. The summed E-state index contributed by atoms with van der Waals surface area (Å²) in [5.41, 5.74) is 2.94. The van der Waals surface area contributed by atoms with Crippen molar-refractivity contribution in [2.24, 2.45) is 0 Å². The van der Waals surface area contributed by atoms with Gasteiger partial charge in [0.1, 0.15) is 11.5 Å². The van der Waals surface area contributed by atoms with Gasteiger partial charge in [0.25, 0.3) is 0 Å². The number of hydrogen-bond acceptors (Lipinski definition) is 4. The first-order valence-corrected chi connectivity index (χ1v) is 7.92. The van der Waals surface area contributed by atoms with Crippen LogP contribution in [0.3, 0.4) is 0 Å². The number of anilines is 1. The van der Waals surface area contributed by atoms with Crippen LogP contribution in [0, 0.1) is 0 Å². The van der Waals surface area contributed by atoms with Crippen molar-refractivity contribution < 1.29 is 14.3 Å². The monoisotopic (exact) mass is 337 g/mol. The number of benzene rings is 2. The second kappa shape index (κ2) is 8.73. The second-order valence-electron chi connectivity index (χ2n) is 5.70. The lowest BCUT2D eigenvalue weighted by atomic mass is 10.1. The first kappa shape index (κ1) is 18.3. The molecule has 0 unspecified atom stereocenters. The van der Waals surface area contributed by atoms with Crippen LogP contribution in [0.25, 0.3) is 12.2 Å². The van der Waals surface area contributed by atoms with E-state index in [0.717, 1.165) is 16.8 Å². The Morgan fingerprint density at radius 1 is 0.840 bits per heavy atom. The lowest BCUT2D eigenvalue weighted by Crippen LogP contribution is -2.07. The highest BCUT2D eigenvalue weighted by Gasteiger charge is 2.00. The van der Waals surface area contributed by atoms with Crippen molar-refractivity contribution in [1.29, 1.82) is 0 Å². The van der Waals surface area contributed by atoms with Gasteiger partial charge in [-0.2, -0.15) is 0 Å². The number of carbonyl (C=O) groups excluding carboxylic acids is 1. The standard InChI is InChI=1S/C21H23NO3/c1-22(2)18-9-5-16(6-10-18)7-11-19(23)12-8-17-13-20(24-3)15-21(14-17)25-4/h5-15H,1-4H3/b11-7+,12-8+. The van der Waals surface area contributed by atoms with E-state index >= 15 is 0 Å². The molecule has 0 atom stereocenters. The number of ketones is 1. The fourth-order valence-corrected chi connectivity index (χ4v) is 2.22.